The van der Waals surface area contributed by atoms with Crippen molar-refractivity contribution in [1.82, 2.24) is 108 Å². The van der Waals surface area contributed by atoms with E-state index < -0.39 is 6.23 Å². The number of hydrogen-bond acceptors (Lipinski definition) is 26. The van der Waals surface area contributed by atoms with Crippen molar-refractivity contribution in [3.05, 3.63) is 134 Å². The van der Waals surface area contributed by atoms with Crippen LogP contribution in [0.3, 0.4) is 0 Å². The first-order chi connectivity index (χ1) is 65.2. The molecule has 0 aliphatic carbocycles. The summed E-state index contributed by atoms with van der Waals surface area (Å²) in [6, 6.07) is 11.2. The van der Waals surface area contributed by atoms with Gasteiger partial charge in [0.2, 0.25) is 28.8 Å². The number of amidine groups is 1. The standard InChI is InChI=1S/2C9H16N2.C8H18O.C8H16O.C7H18N2.C7H16N2.2C7H15NO.C5H9N3.2C5H5NO.3C4H8N4.C4H11NO.C4H9NO.2C4H10/c2*1-6(2)8-5-10-9(11-8)7(3)4;2*1-6(2)5-8(9)7(3)4;2*1-5(2)7(8)9-6(3)4;2*1-5(2)7(9)8-6(3)4;1-4(2)5-3-6-8-7-5;2*7-5-3-1-2-4-6-5;3*1-3(2)4-5-7-8-6-4;2*1-3(2)4(5)6;2*1-4(2)3/h2*5-7H,1-4H3,(H,10,11);6-9H,5H2,1-4H3;5-7,9H,1-4H3;5-7,9H,8H2,1-4H3;5-6H,1-4H3,(H2,8,9);2*5-6H,1-4H3,(H,8,9);4H,3H2,1-2H3;2*1-4H,(H,6,7);3*3H,1-2H3,(H,5,6,7,8);3-4,6H,5H2,1-2H3;3H,1-2H3,(H2,5,6);2*4H,1-3H3/b;;;8-5-;;;;;;;;;;;;;;. The smallest absolute Gasteiger partial charge is 0.247 e. The predicted molar refractivity (Wildman–Crippen MR) is 594 cm³/mol. The van der Waals surface area contributed by atoms with Gasteiger partial charge in [-0.1, -0.05) is 319 Å². The van der Waals surface area contributed by atoms with E-state index in [0.29, 0.717) is 101 Å². The first kappa shape index (κ1) is 152. The molecule has 1 aliphatic heterocycles. The van der Waals surface area contributed by atoms with Crippen LogP contribution in [-0.4, -0.2) is 186 Å². The van der Waals surface area contributed by atoms with Crippen LogP contribution in [0.2, 0.25) is 0 Å². The molecule has 21 N–H and O–H groups in total. The van der Waals surface area contributed by atoms with Crippen molar-refractivity contribution in [1.29, 1.82) is 0 Å². The molecule has 0 saturated carbocycles. The molecular formula is C105H213N29O8. The first-order valence-corrected chi connectivity index (χ1v) is 51.0. The van der Waals surface area contributed by atoms with Crippen LogP contribution in [-0.2, 0) is 14.4 Å². The Morgan fingerprint density at radius 1 is 0.437 bits per heavy atom. The van der Waals surface area contributed by atoms with Gasteiger partial charge in [-0.05, 0) is 144 Å². The third-order valence-electron chi connectivity index (χ3n) is 16.7. The fourth-order valence-electron chi connectivity index (χ4n) is 7.61. The van der Waals surface area contributed by atoms with Crippen LogP contribution in [0.5, 0.6) is 0 Å². The average molecular weight is 2010 g/mol. The number of nitrogens with zero attached hydrogens (tertiary/aromatic N) is 15. The highest BCUT2D eigenvalue weighted by molar-refractivity contribution is 5.88. The van der Waals surface area contributed by atoms with Gasteiger partial charge in [-0.2, -0.15) is 20.8 Å². The Labute approximate surface area is 860 Å². The van der Waals surface area contributed by atoms with Gasteiger partial charge in [-0.15, -0.1) is 35.7 Å². The summed E-state index contributed by atoms with van der Waals surface area (Å²) in [6.07, 6.45) is 9.26. The molecule has 0 bridgehead atoms. The minimum Gasteiger partial charge on any atom is -0.512 e. The number of nitrogens with one attached hydrogen (secondary N) is 10. The van der Waals surface area contributed by atoms with E-state index in [-0.39, 0.29) is 82.8 Å². The van der Waals surface area contributed by atoms with Gasteiger partial charge in [0, 0.05) is 132 Å². The second-order valence-corrected chi connectivity index (χ2v) is 42.1. The summed E-state index contributed by atoms with van der Waals surface area (Å²) in [5, 5.41) is 86.7. The number of allylic oxidation sites excluding steroid dienone is 2. The Kier molecular flexibility index (Phi) is 100. The molecule has 3 atom stereocenters. The van der Waals surface area contributed by atoms with Crippen molar-refractivity contribution < 1.29 is 29.7 Å². The van der Waals surface area contributed by atoms with Gasteiger partial charge in [-0.25, -0.2) is 9.97 Å². The predicted octanol–water partition coefficient (Wildman–Crippen LogP) is 21.3. The van der Waals surface area contributed by atoms with Crippen molar-refractivity contribution in [2.75, 3.05) is 6.54 Å². The van der Waals surface area contributed by atoms with Gasteiger partial charge in [-0.3, -0.25) is 34.3 Å². The number of aromatic nitrogens is 18. The summed E-state index contributed by atoms with van der Waals surface area (Å²) in [6.45, 7) is 103. The quantitative estimate of drug-likeness (QED) is 0.0116. The Morgan fingerprint density at radius 3 is 0.866 bits per heavy atom. The molecule has 0 spiro atoms. The fourth-order valence-corrected chi connectivity index (χ4v) is 7.61. The SMILES string of the molecule is CC(C)/C=C(\O)C(C)C.CC(C)C.CC(C)C.CC(C)C(N)=O.CC(C)C(N)O.CC(C)C1=NN=NC1.CC(C)CC(O)C(C)C.CC(C)N=C(N)C(C)C.CC(C)NC(=O)C(C)C.CC(C)NC(=O)C(C)C.CC(C)NC(N)C(C)C.CC(C)c1cnc(C(C)C)[nH]1.CC(C)c1cnc(C(C)C)[nH]1.CC(C)c1nn[nH]n1.CC(C)c1nn[nH]n1.CC(C)c1nn[nH]n1.O=c1cccc[nH]1.O=c1cccc[nH]1. The Bertz CT molecular complexity index is 3820. The lowest BCUT2D eigenvalue weighted by Crippen LogP contribution is -2.45. The number of nitrogens with two attached hydrogens (primary N) is 4. The van der Waals surface area contributed by atoms with E-state index in [1.54, 1.807) is 50.5 Å². The van der Waals surface area contributed by atoms with Crippen LogP contribution in [0.4, 0.5) is 0 Å². The van der Waals surface area contributed by atoms with Crippen molar-refractivity contribution in [3.63, 3.8) is 0 Å². The molecule has 0 radical (unpaired) electrons. The van der Waals surface area contributed by atoms with Crippen LogP contribution in [0.15, 0.2) is 103 Å². The molecule has 0 fully saturated rings. The number of hydrogen-bond donors (Lipinski definition) is 17. The van der Waals surface area contributed by atoms with Gasteiger partial charge in [0.25, 0.3) is 0 Å². The van der Waals surface area contributed by atoms with E-state index in [1.807, 2.05) is 185 Å². The van der Waals surface area contributed by atoms with Gasteiger partial charge < -0.3 is 68.8 Å². The number of aliphatic imine (C=N–C) groups is 1. The second kappa shape index (κ2) is 93.4. The number of rotatable bonds is 24. The zero-order valence-corrected chi connectivity index (χ0v) is 98.3. The molecule has 0 aromatic carbocycles. The van der Waals surface area contributed by atoms with Crippen molar-refractivity contribution >= 4 is 29.3 Å². The van der Waals surface area contributed by atoms with Crippen molar-refractivity contribution in [3.8, 4) is 0 Å². The molecule has 142 heavy (non-hydrogen) atoms. The summed E-state index contributed by atoms with van der Waals surface area (Å²) in [5.41, 5.74) is 24.5. The third-order valence-corrected chi connectivity index (χ3v) is 16.7. The molecular weight excluding hydrogens is 1800 g/mol. The topological polar surface area (TPSA) is 588 Å². The van der Waals surface area contributed by atoms with Gasteiger partial charge in [0.15, 0.2) is 17.5 Å². The molecule has 7 aromatic rings. The number of carbonyl (C=O) groups is 3. The summed E-state index contributed by atoms with van der Waals surface area (Å²) < 4.78 is 0. The fraction of sp³-hybridized carbons (Fsp3) is 0.752. The minimum atomic E-state index is -0.648. The number of primary amides is 1. The Balaban J connectivity index is -0.000000163. The van der Waals surface area contributed by atoms with E-state index in [9.17, 15) is 29.1 Å². The van der Waals surface area contributed by atoms with E-state index in [2.05, 4.69) is 294 Å². The maximum Gasteiger partial charge on any atom is 0.247 e. The lowest BCUT2D eigenvalue weighted by atomic mass is 9.98. The number of amides is 3. The number of carbonyl (C=O) groups excluding carboxylic acids is 3. The van der Waals surface area contributed by atoms with E-state index in [4.69, 9.17) is 33.1 Å². The summed E-state index contributed by atoms with van der Waals surface area (Å²) >= 11 is 0. The highest BCUT2D eigenvalue weighted by Gasteiger charge is 2.14. The summed E-state index contributed by atoms with van der Waals surface area (Å²) in [5.74, 6) is 14.2. The average Bonchev–Trinajstić information content (AvgIpc) is 1.75. The summed E-state index contributed by atoms with van der Waals surface area (Å²) in [7, 11) is 0. The largest absolute Gasteiger partial charge is 0.512 e. The molecule has 37 heteroatoms. The first-order valence-electron chi connectivity index (χ1n) is 51.0. The zero-order chi connectivity index (χ0) is 113. The number of tetrazole rings is 3. The molecule has 826 valence electrons. The van der Waals surface area contributed by atoms with Crippen LogP contribution in [0.1, 0.15) is 435 Å². The highest BCUT2D eigenvalue weighted by atomic mass is 16.3. The number of aliphatic hydroxyl groups is 3. The molecule has 3 amide bonds. The number of imidazole rings is 2. The van der Waals surface area contributed by atoms with Gasteiger partial charge in [0.1, 0.15) is 24.4 Å². The maximum absolute atomic E-state index is 10.8. The van der Waals surface area contributed by atoms with Crippen LogP contribution >= 0.6 is 0 Å². The zero-order valence-electron chi connectivity index (χ0n) is 98.3. The highest BCUT2D eigenvalue weighted by Crippen LogP contribution is 2.18. The number of pyridine rings is 2. The van der Waals surface area contributed by atoms with E-state index >= 15 is 0 Å². The van der Waals surface area contributed by atoms with Gasteiger partial charge >= 0.3 is 0 Å². The lowest BCUT2D eigenvalue weighted by molar-refractivity contribution is -0.125. The second-order valence-electron chi connectivity index (χ2n) is 42.1. The Morgan fingerprint density at radius 2 is 0.768 bits per heavy atom. The van der Waals surface area contributed by atoms with Crippen LogP contribution < -0.4 is 50.0 Å². The van der Waals surface area contributed by atoms with Crippen LogP contribution in [0, 0.1) is 76.9 Å². The minimum absolute atomic E-state index is 0.00926. The van der Waals surface area contributed by atoms with Gasteiger partial charge in [0.05, 0.1) is 29.6 Å². The molecule has 0 saturated heterocycles. The molecule has 8 heterocycles. The molecule has 3 unspecified atom stereocenters. The number of aromatic amines is 7. The van der Waals surface area contributed by atoms with Crippen molar-refractivity contribution in [2.45, 2.75) is 437 Å². The molecule has 8 rings (SSSR count). The van der Waals surface area contributed by atoms with Crippen LogP contribution in [0.25, 0.3) is 0 Å². The lowest BCUT2D eigenvalue weighted by Gasteiger charge is -2.19. The number of aliphatic hydroxyl groups excluding tert-OH is 3. The van der Waals surface area contributed by atoms with Crippen molar-refractivity contribution in [2.24, 2.45) is 120 Å². The monoisotopic (exact) mass is 2010 g/mol. The molecule has 1 aliphatic rings. The summed E-state index contributed by atoms with van der Waals surface area (Å²) in [4.78, 5) is 76.3. The third kappa shape index (κ3) is 110. The normalized spacial score (nSPS) is 11.8. The maximum atomic E-state index is 10.8. The molecule has 7 aromatic heterocycles. The Hall–Kier alpha value is -9.98. The van der Waals surface area contributed by atoms with E-state index in [0.717, 1.165) is 58.9 Å². The van der Waals surface area contributed by atoms with E-state index in [1.165, 1.54) is 23.5 Å². The number of H-pyrrole nitrogens is 7. The molecule has 37 nitrogen and oxygen atoms in total.